The van der Waals surface area contributed by atoms with Crippen LogP contribution in [0.3, 0.4) is 0 Å². The summed E-state index contributed by atoms with van der Waals surface area (Å²) in [6.45, 7) is 4.70. The fourth-order valence-electron chi connectivity index (χ4n) is 3.02. The first-order chi connectivity index (χ1) is 10.0. The number of carbonyl (C=O) groups is 2. The minimum Gasteiger partial charge on any atom is -0.469 e. The number of hydrogen-bond donors (Lipinski definition) is 0. The molecule has 4 nitrogen and oxygen atoms in total. The van der Waals surface area contributed by atoms with Gasteiger partial charge in [0.2, 0.25) is 0 Å². The van der Waals surface area contributed by atoms with Crippen molar-refractivity contribution in [3.8, 4) is 0 Å². The first-order valence-corrected chi connectivity index (χ1v) is 7.47. The summed E-state index contributed by atoms with van der Waals surface area (Å²) in [6.07, 6.45) is 3.20. The molecule has 0 spiro atoms. The van der Waals surface area contributed by atoms with Crippen LogP contribution in [0.5, 0.6) is 0 Å². The molecule has 1 saturated heterocycles. The van der Waals surface area contributed by atoms with Crippen LogP contribution in [0.4, 0.5) is 0 Å². The maximum Gasteiger partial charge on any atom is 0.307 e. The predicted molar refractivity (Wildman–Crippen MR) is 81.2 cm³/mol. The topological polar surface area (TPSA) is 46.6 Å². The summed E-state index contributed by atoms with van der Waals surface area (Å²) in [4.78, 5) is 26.1. The van der Waals surface area contributed by atoms with Crippen LogP contribution < -0.4 is 0 Å². The van der Waals surface area contributed by atoms with Crippen LogP contribution in [0.25, 0.3) is 0 Å². The lowest BCUT2D eigenvalue weighted by atomic mass is 9.97. The molecule has 4 heteroatoms. The number of rotatable bonds is 3. The van der Waals surface area contributed by atoms with E-state index in [-0.39, 0.29) is 24.3 Å². The van der Waals surface area contributed by atoms with Gasteiger partial charge >= 0.3 is 5.97 Å². The highest BCUT2D eigenvalue weighted by molar-refractivity contribution is 5.95. The number of benzene rings is 1. The molecule has 1 aliphatic rings. The number of aryl methyl sites for hydroxylation is 2. The van der Waals surface area contributed by atoms with Crippen LogP contribution in [0.2, 0.25) is 0 Å². The summed E-state index contributed by atoms with van der Waals surface area (Å²) in [5.41, 5.74) is 2.88. The number of nitrogens with zero attached hydrogens (tertiary/aromatic N) is 1. The van der Waals surface area contributed by atoms with Gasteiger partial charge in [0, 0.05) is 18.2 Å². The van der Waals surface area contributed by atoms with Crippen molar-refractivity contribution in [1.82, 2.24) is 4.90 Å². The highest BCUT2D eigenvalue weighted by atomic mass is 16.5. The van der Waals surface area contributed by atoms with Crippen molar-refractivity contribution in [3.05, 3.63) is 34.9 Å². The van der Waals surface area contributed by atoms with Gasteiger partial charge in [-0.15, -0.1) is 0 Å². The van der Waals surface area contributed by atoms with Gasteiger partial charge in [-0.3, -0.25) is 9.59 Å². The van der Waals surface area contributed by atoms with Crippen molar-refractivity contribution < 1.29 is 14.3 Å². The van der Waals surface area contributed by atoms with Gasteiger partial charge in [0.05, 0.1) is 13.5 Å². The summed E-state index contributed by atoms with van der Waals surface area (Å²) >= 11 is 0. The van der Waals surface area contributed by atoms with Gasteiger partial charge in [-0.1, -0.05) is 17.2 Å². The lowest BCUT2D eigenvalue weighted by Gasteiger charge is -2.35. The molecule has 1 fully saturated rings. The largest absolute Gasteiger partial charge is 0.469 e. The Bertz CT molecular complexity index is 519. The molecule has 1 aliphatic heterocycles. The van der Waals surface area contributed by atoms with Crippen LogP contribution >= 0.6 is 0 Å². The lowest BCUT2D eigenvalue weighted by molar-refractivity contribution is -0.142. The molecule has 1 heterocycles. The van der Waals surface area contributed by atoms with E-state index in [9.17, 15) is 9.59 Å². The van der Waals surface area contributed by atoms with Gasteiger partial charge in [-0.2, -0.15) is 0 Å². The monoisotopic (exact) mass is 289 g/mol. The van der Waals surface area contributed by atoms with Crippen molar-refractivity contribution >= 4 is 11.9 Å². The molecule has 0 saturated carbocycles. The van der Waals surface area contributed by atoms with Crippen LogP contribution in [0, 0.1) is 13.8 Å². The van der Waals surface area contributed by atoms with Crippen LogP contribution in [0.15, 0.2) is 18.2 Å². The summed E-state index contributed by atoms with van der Waals surface area (Å²) < 4.78 is 4.75. The number of piperidine rings is 1. The number of methoxy groups -OCH3 is 1. The van der Waals surface area contributed by atoms with E-state index < -0.39 is 0 Å². The fraction of sp³-hybridized carbons (Fsp3) is 0.529. The van der Waals surface area contributed by atoms with E-state index >= 15 is 0 Å². The van der Waals surface area contributed by atoms with Gasteiger partial charge in [-0.25, -0.2) is 0 Å². The SMILES string of the molecule is COC(=O)CC1CCCCN1C(=O)c1cc(C)cc(C)c1. The van der Waals surface area contributed by atoms with Crippen LogP contribution in [-0.4, -0.2) is 36.5 Å². The van der Waals surface area contributed by atoms with E-state index in [1.165, 1.54) is 7.11 Å². The molecule has 1 amide bonds. The molecule has 0 aliphatic carbocycles. The van der Waals surface area contributed by atoms with Crippen molar-refractivity contribution in [2.24, 2.45) is 0 Å². The molecule has 0 aromatic heterocycles. The molecule has 1 atom stereocenters. The third-order valence-corrected chi connectivity index (χ3v) is 3.99. The maximum atomic E-state index is 12.8. The highest BCUT2D eigenvalue weighted by Crippen LogP contribution is 2.23. The highest BCUT2D eigenvalue weighted by Gasteiger charge is 2.29. The Morgan fingerprint density at radius 1 is 1.19 bits per heavy atom. The molecule has 21 heavy (non-hydrogen) atoms. The van der Waals surface area contributed by atoms with Gasteiger partial charge in [0.15, 0.2) is 0 Å². The average Bonchev–Trinajstić information content (AvgIpc) is 2.46. The molecule has 0 N–H and O–H groups in total. The van der Waals surface area contributed by atoms with Crippen molar-refractivity contribution in [2.75, 3.05) is 13.7 Å². The normalized spacial score (nSPS) is 18.4. The Morgan fingerprint density at radius 2 is 1.86 bits per heavy atom. The van der Waals surface area contributed by atoms with Gasteiger partial charge in [-0.05, 0) is 45.2 Å². The average molecular weight is 289 g/mol. The van der Waals surface area contributed by atoms with E-state index in [0.29, 0.717) is 12.1 Å². The minimum absolute atomic E-state index is 0.0235. The zero-order valence-corrected chi connectivity index (χ0v) is 13.0. The van der Waals surface area contributed by atoms with Gasteiger partial charge in [0.25, 0.3) is 5.91 Å². The molecule has 1 aromatic rings. The molecule has 0 radical (unpaired) electrons. The quantitative estimate of drug-likeness (QED) is 0.804. The van der Waals surface area contributed by atoms with E-state index in [1.54, 1.807) is 0 Å². The second-order valence-electron chi connectivity index (χ2n) is 5.80. The zero-order chi connectivity index (χ0) is 15.4. The Morgan fingerprint density at radius 3 is 2.48 bits per heavy atom. The van der Waals surface area contributed by atoms with Crippen LogP contribution in [0.1, 0.15) is 47.2 Å². The van der Waals surface area contributed by atoms with E-state index in [0.717, 1.165) is 30.4 Å². The smallest absolute Gasteiger partial charge is 0.307 e. The summed E-state index contributed by atoms with van der Waals surface area (Å²) in [6, 6.07) is 5.84. The fourth-order valence-corrected chi connectivity index (χ4v) is 3.02. The number of amides is 1. The minimum atomic E-state index is -0.250. The number of carbonyl (C=O) groups excluding carboxylic acids is 2. The van der Waals surface area contributed by atoms with Crippen molar-refractivity contribution in [3.63, 3.8) is 0 Å². The Labute approximate surface area is 126 Å². The summed E-state index contributed by atoms with van der Waals surface area (Å²) in [5, 5.41) is 0. The zero-order valence-electron chi connectivity index (χ0n) is 13.0. The van der Waals surface area contributed by atoms with Crippen molar-refractivity contribution in [2.45, 2.75) is 45.6 Å². The number of ether oxygens (including phenoxy) is 1. The first kappa shape index (κ1) is 15.5. The first-order valence-electron chi connectivity index (χ1n) is 7.47. The van der Waals surface area contributed by atoms with Crippen molar-refractivity contribution in [1.29, 1.82) is 0 Å². The second kappa shape index (κ2) is 6.74. The maximum absolute atomic E-state index is 12.8. The molecule has 1 unspecified atom stereocenters. The van der Waals surface area contributed by atoms with Gasteiger partial charge < -0.3 is 9.64 Å². The van der Waals surface area contributed by atoms with Gasteiger partial charge in [0.1, 0.15) is 0 Å². The van der Waals surface area contributed by atoms with E-state index in [1.807, 2.05) is 30.9 Å². The third kappa shape index (κ3) is 3.84. The Hall–Kier alpha value is -1.84. The van der Waals surface area contributed by atoms with E-state index in [2.05, 4.69) is 6.07 Å². The summed E-state index contributed by atoms with van der Waals surface area (Å²) in [5.74, 6) is -0.226. The number of hydrogen-bond acceptors (Lipinski definition) is 3. The Kier molecular flexibility index (Phi) is 4.99. The molecular formula is C17H23NO3. The lowest BCUT2D eigenvalue weighted by Crippen LogP contribution is -2.44. The molecule has 114 valence electrons. The number of esters is 1. The number of likely N-dealkylation sites (tertiary alicyclic amines) is 1. The van der Waals surface area contributed by atoms with Crippen LogP contribution in [-0.2, 0) is 9.53 Å². The standard InChI is InChI=1S/C17H23NO3/c1-12-8-13(2)10-14(9-12)17(20)18-7-5-4-6-15(18)11-16(19)21-3/h8-10,15H,4-7,11H2,1-3H3. The second-order valence-corrected chi connectivity index (χ2v) is 5.80. The Balaban J connectivity index is 2.19. The molecule has 0 bridgehead atoms. The predicted octanol–water partition coefficient (Wildman–Crippen LogP) is 2.86. The molecular weight excluding hydrogens is 266 g/mol. The van der Waals surface area contributed by atoms with E-state index in [4.69, 9.17) is 4.74 Å². The molecule has 1 aromatic carbocycles. The molecule has 2 rings (SSSR count). The summed E-state index contributed by atoms with van der Waals surface area (Å²) in [7, 11) is 1.39. The third-order valence-electron chi connectivity index (χ3n) is 3.99.